The van der Waals surface area contributed by atoms with Crippen LogP contribution in [0.4, 0.5) is 11.4 Å². The fourth-order valence-corrected chi connectivity index (χ4v) is 10.2. The van der Waals surface area contributed by atoms with E-state index in [1.54, 1.807) is 19.0 Å². The minimum atomic E-state index is -3.06. The minimum absolute atomic E-state index is 0.112. The summed E-state index contributed by atoms with van der Waals surface area (Å²) in [7, 11) is 4.29. The standard InChI is InChI=1S/C47H59N5O8S/c1-9-11-23-58-42-34(52(27-29-19-15-13-16-20-29)28-30-21-17-14-18-22-30)26-33(50(3)4)31-25-32-36(41(53)35(31)42)44(54)47(56)38(39(32)49-61(7,8)57)40(51(5)6)43-37(45(47)55)46(48-60-43)59-24-12-10-2/h13-22,26,32,38-40,53,56H,7,9-12,23-25,27-28H2,1-6,8H3,(H,49,57)/t32-,38+,39+,40+,47+,61?/m1/s1. The third-order valence-electron chi connectivity index (χ3n) is 12.1. The van der Waals surface area contributed by atoms with Crippen LogP contribution in [0.2, 0.25) is 0 Å². The molecule has 7 rings (SSSR count). The highest BCUT2D eigenvalue weighted by atomic mass is 32.2. The van der Waals surface area contributed by atoms with Crippen molar-refractivity contribution in [1.82, 2.24) is 14.8 Å². The van der Waals surface area contributed by atoms with Crippen LogP contribution in [0.1, 0.15) is 83.9 Å². The van der Waals surface area contributed by atoms with Gasteiger partial charge in [-0.05, 0) is 67.1 Å². The Morgan fingerprint density at radius 1 is 0.902 bits per heavy atom. The summed E-state index contributed by atoms with van der Waals surface area (Å²) in [5.74, 6) is -0.0884. The van der Waals surface area contributed by atoms with Crippen LogP contribution in [0, 0.1) is 11.8 Å². The van der Waals surface area contributed by atoms with Gasteiger partial charge in [-0.3, -0.25) is 18.7 Å². The number of aliphatic hydroxyl groups is 2. The molecule has 3 aliphatic carbocycles. The Hall–Kier alpha value is -5.15. The minimum Gasteiger partial charge on any atom is -0.507 e. The highest BCUT2D eigenvalue weighted by Gasteiger charge is 2.69. The lowest BCUT2D eigenvalue weighted by Crippen LogP contribution is -2.71. The maximum Gasteiger partial charge on any atom is 0.265 e. The third-order valence-corrected chi connectivity index (χ3v) is 12.8. The first kappa shape index (κ1) is 43.9. The van der Waals surface area contributed by atoms with Gasteiger partial charge in [-0.15, -0.1) is 0 Å². The molecule has 0 aliphatic heterocycles. The molecule has 0 amide bonds. The molecular weight excluding hydrogens is 795 g/mol. The molecule has 4 aromatic rings. The number of anilines is 2. The third kappa shape index (κ3) is 8.18. The van der Waals surface area contributed by atoms with Gasteiger partial charge in [-0.1, -0.05) is 87.4 Å². The second kappa shape index (κ2) is 17.7. The van der Waals surface area contributed by atoms with Crippen LogP contribution < -0.4 is 24.0 Å². The molecule has 14 heteroatoms. The first-order valence-corrected chi connectivity index (χ1v) is 23.2. The number of hydrogen-bond acceptors (Lipinski definition) is 12. The number of ketones is 2. The van der Waals surface area contributed by atoms with Gasteiger partial charge in [0.15, 0.2) is 17.1 Å². The van der Waals surface area contributed by atoms with Crippen molar-refractivity contribution in [3.05, 3.63) is 106 Å². The molecule has 1 unspecified atom stereocenters. The Morgan fingerprint density at radius 3 is 2.03 bits per heavy atom. The second-order valence-corrected chi connectivity index (χ2v) is 19.3. The number of carbonyl (C=O) groups is 2. The molecule has 3 aliphatic rings. The second-order valence-electron chi connectivity index (χ2n) is 17.0. The summed E-state index contributed by atoms with van der Waals surface area (Å²) in [4.78, 5) is 36.3. The smallest absolute Gasteiger partial charge is 0.265 e. The molecule has 0 bridgehead atoms. The number of nitrogens with zero attached hydrogens (tertiary/aromatic N) is 4. The van der Waals surface area contributed by atoms with Crippen LogP contribution in [0.3, 0.4) is 0 Å². The molecule has 0 radical (unpaired) electrons. The summed E-state index contributed by atoms with van der Waals surface area (Å²) in [6.45, 7) is 5.63. The Bertz CT molecular complexity index is 2360. The maximum atomic E-state index is 15.4. The predicted octanol–water partition coefficient (Wildman–Crippen LogP) is 6.40. The molecule has 0 saturated heterocycles. The zero-order valence-electron chi connectivity index (χ0n) is 36.3. The van der Waals surface area contributed by atoms with Crippen LogP contribution in [0.15, 0.2) is 76.8 Å². The molecule has 0 spiro atoms. The van der Waals surface area contributed by atoms with Crippen molar-refractivity contribution in [3.8, 4) is 11.6 Å². The molecule has 1 aromatic heterocycles. The molecule has 1 saturated carbocycles. The average Bonchev–Trinajstić information content (AvgIpc) is 3.64. The number of nitrogens with one attached hydrogen (secondary N) is 1. The number of Topliss-reactive ketones (excluding diaryl/α,β-unsaturated/α-hetero) is 2. The first-order chi connectivity index (χ1) is 29.1. The number of fused-ring (bicyclic) bond motifs is 4. The van der Waals surface area contributed by atoms with Gasteiger partial charge < -0.3 is 34.0 Å². The quantitative estimate of drug-likeness (QED) is 0.0612. The number of aliphatic hydroxyl groups excluding tert-OH is 1. The molecule has 1 fully saturated rings. The van der Waals surface area contributed by atoms with E-state index in [0.29, 0.717) is 48.7 Å². The van der Waals surface area contributed by atoms with E-state index in [1.165, 1.54) is 6.26 Å². The van der Waals surface area contributed by atoms with Gasteiger partial charge in [0.25, 0.3) is 5.88 Å². The normalized spacial score (nSPS) is 22.8. The zero-order valence-corrected chi connectivity index (χ0v) is 37.1. The average molecular weight is 854 g/mol. The van der Waals surface area contributed by atoms with E-state index in [1.807, 2.05) is 62.3 Å². The largest absolute Gasteiger partial charge is 0.507 e. The van der Waals surface area contributed by atoms with Crippen LogP contribution in [0.25, 0.3) is 5.76 Å². The number of unbranched alkanes of at least 4 members (excludes halogenated alkanes) is 2. The summed E-state index contributed by atoms with van der Waals surface area (Å²) >= 11 is 0. The first-order valence-electron chi connectivity index (χ1n) is 21.1. The topological polar surface area (TPSA) is 158 Å². The van der Waals surface area contributed by atoms with Crippen molar-refractivity contribution in [2.24, 2.45) is 11.8 Å². The Labute approximate surface area is 359 Å². The SMILES string of the molecule is C=S(C)(=O)N[C@@H]1[C@H]2[C@H](N(C)C)c3onc(OCCCC)c3C(=O)[C@@]2(O)C(=O)C2=C(O)c3c(c(N(C)C)cc(N(Cc4ccccc4)Cc4ccccc4)c3OCCCC)C[C@H]21. The molecule has 326 valence electrons. The van der Waals surface area contributed by atoms with Gasteiger partial charge in [0, 0.05) is 72.3 Å². The van der Waals surface area contributed by atoms with Crippen molar-refractivity contribution in [2.45, 2.75) is 76.7 Å². The van der Waals surface area contributed by atoms with Gasteiger partial charge in [0.2, 0.25) is 11.6 Å². The summed E-state index contributed by atoms with van der Waals surface area (Å²) in [6.07, 6.45) is 4.68. The lowest BCUT2D eigenvalue weighted by atomic mass is 9.55. The van der Waals surface area contributed by atoms with Crippen LogP contribution >= 0.6 is 0 Å². The van der Waals surface area contributed by atoms with E-state index in [-0.39, 0.29) is 35.8 Å². The number of hydrogen-bond donors (Lipinski definition) is 3. The maximum absolute atomic E-state index is 15.4. The van der Waals surface area contributed by atoms with Crippen molar-refractivity contribution in [1.29, 1.82) is 0 Å². The molecule has 3 N–H and O–H groups in total. The summed E-state index contributed by atoms with van der Waals surface area (Å²) in [6, 6.07) is 20.3. The van der Waals surface area contributed by atoms with Crippen LogP contribution in [-0.4, -0.2) is 101 Å². The number of benzene rings is 3. The summed E-state index contributed by atoms with van der Waals surface area (Å²) < 4.78 is 35.5. The van der Waals surface area contributed by atoms with E-state index in [0.717, 1.165) is 36.1 Å². The van der Waals surface area contributed by atoms with Crippen molar-refractivity contribution in [2.75, 3.05) is 57.5 Å². The van der Waals surface area contributed by atoms with E-state index < -0.39 is 56.6 Å². The Morgan fingerprint density at radius 2 is 1.49 bits per heavy atom. The van der Waals surface area contributed by atoms with E-state index in [9.17, 15) is 19.2 Å². The van der Waals surface area contributed by atoms with Gasteiger partial charge in [-0.2, -0.15) is 0 Å². The molecule has 3 aromatic carbocycles. The predicted molar refractivity (Wildman–Crippen MR) is 240 cm³/mol. The molecule has 1 heterocycles. The van der Waals surface area contributed by atoms with Crippen molar-refractivity contribution >= 4 is 44.3 Å². The molecule has 6 atom stereocenters. The molecule has 61 heavy (non-hydrogen) atoms. The number of aromatic nitrogens is 1. The number of carbonyl (C=O) groups excluding carboxylic acids is 2. The molecular formula is C47H59N5O8S. The zero-order chi connectivity index (χ0) is 43.8. The summed E-state index contributed by atoms with van der Waals surface area (Å²) in [5.41, 5.74) is 1.59. The fraction of sp³-hybridized carbons (Fsp3) is 0.447. The van der Waals surface area contributed by atoms with E-state index >= 15 is 4.79 Å². The number of ether oxygens (including phenoxy) is 2. The lowest BCUT2D eigenvalue weighted by Gasteiger charge is -2.53. The van der Waals surface area contributed by atoms with Crippen molar-refractivity contribution < 1.29 is 38.0 Å². The van der Waals surface area contributed by atoms with Gasteiger partial charge in [0.05, 0.1) is 30.5 Å². The summed E-state index contributed by atoms with van der Waals surface area (Å²) in [5, 5.41) is 30.1. The van der Waals surface area contributed by atoms with Gasteiger partial charge >= 0.3 is 0 Å². The van der Waals surface area contributed by atoms with Gasteiger partial charge in [-0.25, -0.2) is 4.72 Å². The van der Waals surface area contributed by atoms with Crippen LogP contribution in [0.5, 0.6) is 11.6 Å². The van der Waals surface area contributed by atoms with Crippen LogP contribution in [-0.2, 0) is 34.0 Å². The molecule has 13 nitrogen and oxygen atoms in total. The van der Waals surface area contributed by atoms with Crippen molar-refractivity contribution in [3.63, 3.8) is 0 Å². The van der Waals surface area contributed by atoms with E-state index in [2.05, 4.69) is 57.9 Å². The monoisotopic (exact) mass is 853 g/mol. The van der Waals surface area contributed by atoms with E-state index in [4.69, 9.17) is 14.0 Å². The van der Waals surface area contributed by atoms with Gasteiger partial charge in [0.1, 0.15) is 11.3 Å². The lowest BCUT2D eigenvalue weighted by molar-refractivity contribution is -0.145. The fourth-order valence-electron chi connectivity index (χ4n) is 9.29. The number of rotatable bonds is 17. The highest BCUT2D eigenvalue weighted by Crippen LogP contribution is 2.58. The Kier molecular flexibility index (Phi) is 12.7. The highest BCUT2D eigenvalue weighted by molar-refractivity contribution is 7.97. The Balaban J connectivity index is 1.49.